The molecule has 2 nitrogen and oxygen atoms in total. The van der Waals surface area contributed by atoms with Crippen molar-refractivity contribution in [3.63, 3.8) is 0 Å². The number of halogens is 2. The van der Waals surface area contributed by atoms with E-state index in [2.05, 4.69) is 0 Å². The van der Waals surface area contributed by atoms with Crippen LogP contribution in [0.3, 0.4) is 0 Å². The van der Waals surface area contributed by atoms with Gasteiger partial charge in [-0.15, -0.1) is 11.6 Å². The molecule has 4 heteroatoms. The van der Waals surface area contributed by atoms with Crippen molar-refractivity contribution in [2.24, 2.45) is 0 Å². The second kappa shape index (κ2) is 7.89. The Balaban J connectivity index is 2.12. The van der Waals surface area contributed by atoms with Crippen LogP contribution >= 0.6 is 11.6 Å². The van der Waals surface area contributed by atoms with E-state index < -0.39 is 0 Å². The third kappa shape index (κ3) is 4.36. The van der Waals surface area contributed by atoms with Crippen molar-refractivity contribution in [1.82, 2.24) is 0 Å². The van der Waals surface area contributed by atoms with Crippen molar-refractivity contribution in [1.29, 1.82) is 0 Å². The Labute approximate surface area is 129 Å². The molecule has 0 atom stereocenters. The Bertz CT molecular complexity index is 587. The van der Waals surface area contributed by atoms with Crippen LogP contribution in [0.25, 0.3) is 0 Å². The van der Waals surface area contributed by atoms with Gasteiger partial charge in [-0.25, -0.2) is 4.39 Å². The highest BCUT2D eigenvalue weighted by Crippen LogP contribution is 2.27. The van der Waals surface area contributed by atoms with Crippen LogP contribution in [0.5, 0.6) is 11.5 Å². The predicted octanol–water partition coefficient (Wildman–Crippen LogP) is 4.93. The molecule has 0 heterocycles. The second-order valence-corrected chi connectivity index (χ2v) is 4.90. The minimum atomic E-state index is -0.275. The fraction of sp³-hybridized carbons (Fsp3) is 0.294. The highest BCUT2D eigenvalue weighted by Gasteiger charge is 2.08. The molecule has 0 N–H and O–H groups in total. The lowest BCUT2D eigenvalue weighted by Gasteiger charge is -2.13. The molecule has 0 aliphatic carbocycles. The van der Waals surface area contributed by atoms with E-state index in [-0.39, 0.29) is 12.4 Å². The molecule has 0 spiro atoms. The average molecular weight is 309 g/mol. The SMILES string of the molecule is CCCOc1ccc(CCl)c(OCc2ccccc2F)c1. The number of hydrogen-bond donors (Lipinski definition) is 0. The van der Waals surface area contributed by atoms with Gasteiger partial charge in [0.1, 0.15) is 23.9 Å². The summed E-state index contributed by atoms with van der Waals surface area (Å²) in [5.74, 6) is 1.42. The normalized spacial score (nSPS) is 10.4. The molecule has 0 amide bonds. The van der Waals surface area contributed by atoms with Gasteiger partial charge in [-0.2, -0.15) is 0 Å². The van der Waals surface area contributed by atoms with E-state index in [0.29, 0.717) is 23.8 Å². The van der Waals surface area contributed by atoms with Gasteiger partial charge in [0.25, 0.3) is 0 Å². The zero-order valence-electron chi connectivity index (χ0n) is 11.9. The molecule has 0 aliphatic heterocycles. The Morgan fingerprint density at radius 2 is 1.86 bits per heavy atom. The van der Waals surface area contributed by atoms with Crippen molar-refractivity contribution < 1.29 is 13.9 Å². The third-order valence-electron chi connectivity index (χ3n) is 3.00. The number of alkyl halides is 1. The molecule has 0 aromatic heterocycles. The summed E-state index contributed by atoms with van der Waals surface area (Å²) < 4.78 is 24.9. The highest BCUT2D eigenvalue weighted by molar-refractivity contribution is 6.17. The highest BCUT2D eigenvalue weighted by atomic mass is 35.5. The average Bonchev–Trinajstić information content (AvgIpc) is 2.52. The van der Waals surface area contributed by atoms with Crippen LogP contribution < -0.4 is 9.47 Å². The summed E-state index contributed by atoms with van der Waals surface area (Å²) in [6.07, 6.45) is 0.933. The molecule has 2 rings (SSSR count). The Hall–Kier alpha value is -1.74. The molecular formula is C17H18ClFO2. The largest absolute Gasteiger partial charge is 0.493 e. The summed E-state index contributed by atoms with van der Waals surface area (Å²) in [7, 11) is 0. The summed E-state index contributed by atoms with van der Waals surface area (Å²) >= 11 is 5.91. The molecule has 2 aromatic carbocycles. The van der Waals surface area contributed by atoms with Crippen LogP contribution in [-0.4, -0.2) is 6.61 Å². The van der Waals surface area contributed by atoms with E-state index in [1.54, 1.807) is 24.3 Å². The molecule has 0 radical (unpaired) electrons. The Morgan fingerprint density at radius 3 is 2.57 bits per heavy atom. The molecule has 0 aliphatic rings. The lowest BCUT2D eigenvalue weighted by atomic mass is 10.2. The van der Waals surface area contributed by atoms with Crippen molar-refractivity contribution in [2.75, 3.05) is 6.61 Å². The number of hydrogen-bond acceptors (Lipinski definition) is 2. The number of rotatable bonds is 7. The maximum Gasteiger partial charge on any atom is 0.129 e. The van der Waals surface area contributed by atoms with Gasteiger partial charge in [0.15, 0.2) is 0 Å². The van der Waals surface area contributed by atoms with Crippen molar-refractivity contribution in [3.8, 4) is 11.5 Å². The second-order valence-electron chi connectivity index (χ2n) is 4.63. The van der Waals surface area contributed by atoms with Crippen molar-refractivity contribution >= 4 is 11.6 Å². The molecule has 0 unspecified atom stereocenters. The van der Waals surface area contributed by atoms with Crippen LogP contribution in [0.2, 0.25) is 0 Å². The molecule has 0 bridgehead atoms. The number of ether oxygens (including phenoxy) is 2. The van der Waals surface area contributed by atoms with Crippen molar-refractivity contribution in [3.05, 3.63) is 59.4 Å². The van der Waals surface area contributed by atoms with Crippen LogP contribution in [0.15, 0.2) is 42.5 Å². The zero-order chi connectivity index (χ0) is 15.1. The summed E-state index contributed by atoms with van der Waals surface area (Å²) in [6, 6.07) is 12.1. The first-order chi connectivity index (χ1) is 10.2. The monoisotopic (exact) mass is 308 g/mol. The number of benzene rings is 2. The van der Waals surface area contributed by atoms with Crippen LogP contribution in [0.1, 0.15) is 24.5 Å². The maximum atomic E-state index is 13.6. The minimum absolute atomic E-state index is 0.161. The minimum Gasteiger partial charge on any atom is -0.493 e. The van der Waals surface area contributed by atoms with Gasteiger partial charge in [0.05, 0.1) is 12.5 Å². The van der Waals surface area contributed by atoms with Gasteiger partial charge in [-0.05, 0) is 18.6 Å². The van der Waals surface area contributed by atoms with E-state index in [1.165, 1.54) is 6.07 Å². The van der Waals surface area contributed by atoms with E-state index in [1.807, 2.05) is 19.1 Å². The first-order valence-electron chi connectivity index (χ1n) is 6.92. The molecule has 112 valence electrons. The lowest BCUT2D eigenvalue weighted by Crippen LogP contribution is -2.01. The molecular weight excluding hydrogens is 291 g/mol. The molecule has 0 saturated heterocycles. The smallest absolute Gasteiger partial charge is 0.129 e. The molecule has 21 heavy (non-hydrogen) atoms. The quantitative estimate of drug-likeness (QED) is 0.675. The first kappa shape index (κ1) is 15.6. The molecule has 2 aromatic rings. The first-order valence-corrected chi connectivity index (χ1v) is 7.46. The summed E-state index contributed by atoms with van der Waals surface area (Å²) in [6.45, 7) is 2.85. The molecule has 0 fully saturated rings. The summed E-state index contributed by atoms with van der Waals surface area (Å²) in [4.78, 5) is 0. The lowest BCUT2D eigenvalue weighted by molar-refractivity contribution is 0.289. The topological polar surface area (TPSA) is 18.5 Å². The van der Waals surface area contributed by atoms with Gasteiger partial charge < -0.3 is 9.47 Å². The van der Waals surface area contributed by atoms with Gasteiger partial charge >= 0.3 is 0 Å². The van der Waals surface area contributed by atoms with E-state index >= 15 is 0 Å². The van der Waals surface area contributed by atoms with Gasteiger partial charge in [-0.1, -0.05) is 31.2 Å². The van der Waals surface area contributed by atoms with Gasteiger partial charge in [-0.3, -0.25) is 0 Å². The molecule has 0 saturated carbocycles. The van der Waals surface area contributed by atoms with E-state index in [4.69, 9.17) is 21.1 Å². The van der Waals surface area contributed by atoms with Crippen LogP contribution in [0, 0.1) is 5.82 Å². The fourth-order valence-electron chi connectivity index (χ4n) is 1.86. The summed E-state index contributed by atoms with van der Waals surface area (Å²) in [5.41, 5.74) is 1.37. The summed E-state index contributed by atoms with van der Waals surface area (Å²) in [5, 5.41) is 0. The fourth-order valence-corrected chi connectivity index (χ4v) is 2.08. The van der Waals surface area contributed by atoms with Crippen molar-refractivity contribution in [2.45, 2.75) is 25.8 Å². The van der Waals surface area contributed by atoms with E-state index in [9.17, 15) is 4.39 Å². The van der Waals surface area contributed by atoms with Crippen LogP contribution in [-0.2, 0) is 12.5 Å². The van der Waals surface area contributed by atoms with Crippen LogP contribution in [0.4, 0.5) is 4.39 Å². The third-order valence-corrected chi connectivity index (χ3v) is 3.28. The van der Waals surface area contributed by atoms with Gasteiger partial charge in [0.2, 0.25) is 0 Å². The Kier molecular flexibility index (Phi) is 5.88. The van der Waals surface area contributed by atoms with E-state index in [0.717, 1.165) is 17.7 Å². The van der Waals surface area contributed by atoms with Gasteiger partial charge in [0, 0.05) is 17.2 Å². The predicted molar refractivity (Wildman–Crippen MR) is 82.5 cm³/mol. The standard InChI is InChI=1S/C17H18ClFO2/c1-2-9-20-15-8-7-13(11-18)17(10-15)21-12-14-5-3-4-6-16(14)19/h3-8,10H,2,9,11-12H2,1H3. The Morgan fingerprint density at radius 1 is 1.05 bits per heavy atom. The zero-order valence-corrected chi connectivity index (χ0v) is 12.7. The maximum absolute atomic E-state index is 13.6.